The first-order valence-corrected chi connectivity index (χ1v) is 11.3. The standard InChI is InChI=1S/C21H27F2N3O2S/c1-3-26(2)24-17-7-9-18(10-8-17)25-29(27,28)19-11-4-15(5-12-19)20-13-6-16(22)14-21(20)23/h4-6,11-14,17-18,24-25H,3,7-10H2,1-2H3. The molecule has 0 spiro atoms. The first-order valence-electron chi connectivity index (χ1n) is 9.83. The van der Waals surface area contributed by atoms with Gasteiger partial charge < -0.3 is 0 Å². The van der Waals surface area contributed by atoms with Crippen molar-refractivity contribution in [3.8, 4) is 11.1 Å². The number of sulfonamides is 1. The summed E-state index contributed by atoms with van der Waals surface area (Å²) in [5.74, 6) is -1.33. The molecule has 2 aromatic carbocycles. The van der Waals surface area contributed by atoms with Crippen LogP contribution in [0, 0.1) is 11.6 Å². The van der Waals surface area contributed by atoms with Gasteiger partial charge in [0.25, 0.3) is 0 Å². The average molecular weight is 424 g/mol. The predicted octanol–water partition coefficient (Wildman–Crippen LogP) is 3.68. The van der Waals surface area contributed by atoms with Crippen molar-refractivity contribution in [1.29, 1.82) is 0 Å². The second-order valence-corrected chi connectivity index (χ2v) is 9.18. The topological polar surface area (TPSA) is 61.4 Å². The lowest BCUT2D eigenvalue weighted by Crippen LogP contribution is -2.47. The molecule has 1 aliphatic rings. The maximum Gasteiger partial charge on any atom is 0.240 e. The van der Waals surface area contributed by atoms with Gasteiger partial charge in [0.2, 0.25) is 10.0 Å². The van der Waals surface area contributed by atoms with Crippen molar-refractivity contribution in [3.05, 3.63) is 54.1 Å². The van der Waals surface area contributed by atoms with Gasteiger partial charge in [0.15, 0.2) is 0 Å². The highest BCUT2D eigenvalue weighted by molar-refractivity contribution is 7.89. The Morgan fingerprint density at radius 3 is 2.21 bits per heavy atom. The van der Waals surface area contributed by atoms with Gasteiger partial charge in [0.1, 0.15) is 11.6 Å². The Hall–Kier alpha value is -1.87. The fraction of sp³-hybridized carbons (Fsp3) is 0.429. The molecule has 5 nitrogen and oxygen atoms in total. The zero-order valence-electron chi connectivity index (χ0n) is 16.7. The van der Waals surface area contributed by atoms with E-state index in [0.717, 1.165) is 38.3 Å². The maximum atomic E-state index is 13.9. The van der Waals surface area contributed by atoms with Crippen LogP contribution in [0.1, 0.15) is 32.6 Å². The largest absolute Gasteiger partial charge is 0.252 e. The zero-order valence-corrected chi connectivity index (χ0v) is 17.5. The fourth-order valence-corrected chi connectivity index (χ4v) is 4.87. The number of hydrogen-bond donors (Lipinski definition) is 2. The highest BCUT2D eigenvalue weighted by atomic mass is 32.2. The molecule has 2 N–H and O–H groups in total. The van der Waals surface area contributed by atoms with Gasteiger partial charge in [-0.2, -0.15) is 0 Å². The van der Waals surface area contributed by atoms with E-state index in [4.69, 9.17) is 0 Å². The van der Waals surface area contributed by atoms with E-state index in [2.05, 4.69) is 17.1 Å². The number of hydrogen-bond acceptors (Lipinski definition) is 4. The quantitative estimate of drug-likeness (QED) is 0.667. The molecular formula is C21H27F2N3O2S. The van der Waals surface area contributed by atoms with Crippen LogP contribution < -0.4 is 10.1 Å². The zero-order chi connectivity index (χ0) is 21.0. The van der Waals surface area contributed by atoms with Crippen molar-refractivity contribution in [2.75, 3.05) is 13.6 Å². The SMILES string of the molecule is CCN(C)NC1CCC(NS(=O)(=O)c2ccc(-c3ccc(F)cc3F)cc2)CC1. The molecule has 1 fully saturated rings. The lowest BCUT2D eigenvalue weighted by atomic mass is 9.92. The molecule has 3 rings (SSSR count). The molecular weight excluding hydrogens is 396 g/mol. The summed E-state index contributed by atoms with van der Waals surface area (Å²) in [5.41, 5.74) is 4.14. The van der Waals surface area contributed by atoms with Crippen molar-refractivity contribution in [2.45, 2.75) is 49.6 Å². The summed E-state index contributed by atoms with van der Waals surface area (Å²) in [5, 5.41) is 2.04. The second kappa shape index (κ2) is 9.30. The summed E-state index contributed by atoms with van der Waals surface area (Å²) in [6.07, 6.45) is 3.35. The predicted molar refractivity (Wildman–Crippen MR) is 110 cm³/mol. The Labute approximate surface area is 171 Å². The van der Waals surface area contributed by atoms with E-state index in [1.54, 1.807) is 0 Å². The summed E-state index contributed by atoms with van der Waals surface area (Å²) >= 11 is 0. The van der Waals surface area contributed by atoms with Gasteiger partial charge in [0, 0.05) is 37.3 Å². The van der Waals surface area contributed by atoms with E-state index in [-0.39, 0.29) is 16.5 Å². The smallest absolute Gasteiger partial charge is 0.240 e. The Morgan fingerprint density at radius 1 is 1.00 bits per heavy atom. The number of halogens is 2. The van der Waals surface area contributed by atoms with Crippen molar-refractivity contribution >= 4 is 10.0 Å². The van der Waals surface area contributed by atoms with Crippen LogP contribution >= 0.6 is 0 Å². The van der Waals surface area contributed by atoms with E-state index in [1.807, 2.05) is 12.1 Å². The minimum Gasteiger partial charge on any atom is -0.252 e. The van der Waals surface area contributed by atoms with E-state index >= 15 is 0 Å². The van der Waals surface area contributed by atoms with Gasteiger partial charge in [-0.1, -0.05) is 19.1 Å². The third kappa shape index (κ3) is 5.60. The van der Waals surface area contributed by atoms with Crippen molar-refractivity contribution in [3.63, 3.8) is 0 Å². The molecule has 2 aromatic rings. The molecule has 0 unspecified atom stereocenters. The van der Waals surface area contributed by atoms with E-state index in [0.29, 0.717) is 11.6 Å². The lowest BCUT2D eigenvalue weighted by molar-refractivity contribution is 0.173. The number of rotatable bonds is 7. The monoisotopic (exact) mass is 423 g/mol. The number of hydrazine groups is 1. The van der Waals surface area contributed by atoms with E-state index in [9.17, 15) is 17.2 Å². The second-order valence-electron chi connectivity index (χ2n) is 7.46. The van der Waals surface area contributed by atoms with Gasteiger partial charge in [0.05, 0.1) is 4.90 Å². The molecule has 1 aliphatic carbocycles. The van der Waals surface area contributed by atoms with Crippen LogP contribution in [-0.2, 0) is 10.0 Å². The van der Waals surface area contributed by atoms with Crippen molar-refractivity contribution in [2.24, 2.45) is 0 Å². The summed E-state index contributed by atoms with van der Waals surface area (Å²) in [4.78, 5) is 0.134. The summed E-state index contributed by atoms with van der Waals surface area (Å²) in [6, 6.07) is 9.56. The Bertz CT molecular complexity index is 927. The van der Waals surface area contributed by atoms with Crippen LogP contribution in [0.15, 0.2) is 47.4 Å². The molecule has 8 heteroatoms. The third-order valence-corrected chi connectivity index (χ3v) is 6.87. The first-order chi connectivity index (χ1) is 13.8. The van der Waals surface area contributed by atoms with Crippen LogP contribution in [-0.4, -0.2) is 39.1 Å². The van der Waals surface area contributed by atoms with Crippen LogP contribution in [0.4, 0.5) is 8.78 Å². The number of nitrogens with one attached hydrogen (secondary N) is 2. The summed E-state index contributed by atoms with van der Waals surface area (Å²) in [7, 11) is -1.66. The summed E-state index contributed by atoms with van der Waals surface area (Å²) < 4.78 is 55.2. The lowest BCUT2D eigenvalue weighted by Gasteiger charge is -2.32. The molecule has 0 saturated heterocycles. The molecule has 158 valence electrons. The molecule has 0 bridgehead atoms. The third-order valence-electron chi connectivity index (χ3n) is 5.33. The van der Waals surface area contributed by atoms with Gasteiger partial charge in [-0.05, 0) is 55.5 Å². The molecule has 0 heterocycles. The van der Waals surface area contributed by atoms with Gasteiger partial charge in [-0.25, -0.2) is 26.9 Å². The Kier molecular flexibility index (Phi) is 7.00. The molecule has 29 heavy (non-hydrogen) atoms. The maximum absolute atomic E-state index is 13.9. The summed E-state index contributed by atoms with van der Waals surface area (Å²) in [6.45, 7) is 2.98. The Morgan fingerprint density at radius 2 is 1.62 bits per heavy atom. The minimum atomic E-state index is -3.66. The first kappa shape index (κ1) is 21.8. The number of benzene rings is 2. The minimum absolute atomic E-state index is 0.0980. The van der Waals surface area contributed by atoms with Crippen LogP contribution in [0.5, 0.6) is 0 Å². The highest BCUT2D eigenvalue weighted by Gasteiger charge is 2.26. The molecule has 0 aromatic heterocycles. The van der Waals surface area contributed by atoms with E-state index < -0.39 is 21.7 Å². The van der Waals surface area contributed by atoms with E-state index in [1.165, 1.54) is 36.4 Å². The van der Waals surface area contributed by atoms with Crippen molar-refractivity contribution < 1.29 is 17.2 Å². The van der Waals surface area contributed by atoms with Crippen LogP contribution in [0.3, 0.4) is 0 Å². The molecule has 1 saturated carbocycles. The van der Waals surface area contributed by atoms with Gasteiger partial charge in [-0.15, -0.1) is 0 Å². The normalized spacial score (nSPS) is 20.2. The highest BCUT2D eigenvalue weighted by Crippen LogP contribution is 2.26. The van der Waals surface area contributed by atoms with Crippen LogP contribution in [0.2, 0.25) is 0 Å². The molecule has 0 atom stereocenters. The Balaban J connectivity index is 1.63. The van der Waals surface area contributed by atoms with Gasteiger partial charge >= 0.3 is 0 Å². The molecule has 0 radical (unpaired) electrons. The molecule has 0 aliphatic heterocycles. The van der Waals surface area contributed by atoms with Gasteiger partial charge in [-0.3, -0.25) is 5.43 Å². The van der Waals surface area contributed by atoms with Crippen molar-refractivity contribution in [1.82, 2.24) is 15.2 Å². The average Bonchev–Trinajstić information content (AvgIpc) is 2.69. The van der Waals surface area contributed by atoms with Crippen LogP contribution in [0.25, 0.3) is 11.1 Å². The molecule has 0 amide bonds. The number of nitrogens with zero attached hydrogens (tertiary/aromatic N) is 1. The fourth-order valence-electron chi connectivity index (χ4n) is 3.57.